The van der Waals surface area contributed by atoms with E-state index in [1.54, 1.807) is 30.3 Å². The number of fused-ring (bicyclic) bond motifs is 2. The number of ketones is 1. The molecule has 0 aliphatic heterocycles. The molecule has 0 atom stereocenters. The number of carboxylic acid groups (broad SMARTS) is 1. The average Bonchev–Trinajstić information content (AvgIpc) is 3.20. The Hall–Kier alpha value is -4.52. The molecule has 56 heavy (non-hydrogen) atoms. The van der Waals surface area contributed by atoms with E-state index < -0.39 is 5.97 Å². The highest BCUT2D eigenvalue weighted by Crippen LogP contribution is 2.45. The summed E-state index contributed by atoms with van der Waals surface area (Å²) in [6.07, 6.45) is 25.6. The van der Waals surface area contributed by atoms with Crippen molar-refractivity contribution in [3.8, 4) is 5.75 Å². The van der Waals surface area contributed by atoms with Crippen LogP contribution in [0, 0.1) is 0 Å². The third-order valence-electron chi connectivity index (χ3n) is 11.6. The standard InChI is InChI=1S/C49H63NO6/c1-3-5-7-9-11-13-15-16-18-20-22-24-42(52)39-28-25-35-38-31-32-43(56-34-51)47-40(48(53)50-33-23-21-19-17-14-12-10-8-6-4-2)29-26-37(45(38)47)36-27-30-41(49(54)55)46(39)44(35)36/h25-32,34H,3-24,33H2,1-2H3,(H,50,53)(H,54,55). The Labute approximate surface area is 333 Å². The summed E-state index contributed by atoms with van der Waals surface area (Å²) in [5, 5.41) is 19.0. The first-order valence-corrected chi connectivity index (χ1v) is 21.8. The maximum absolute atomic E-state index is 13.8. The van der Waals surface area contributed by atoms with E-state index in [1.807, 2.05) is 18.2 Å². The molecule has 300 valence electrons. The normalized spacial score (nSPS) is 11.6. The number of carbonyl (C=O) groups is 4. The lowest BCUT2D eigenvalue weighted by atomic mass is 9.84. The van der Waals surface area contributed by atoms with Crippen molar-refractivity contribution in [2.75, 3.05) is 6.54 Å². The fourth-order valence-corrected chi connectivity index (χ4v) is 8.60. The number of hydrogen-bond acceptors (Lipinski definition) is 5. The molecule has 0 bridgehead atoms. The Morgan fingerprint density at radius 1 is 0.518 bits per heavy atom. The molecule has 1 amide bonds. The largest absolute Gasteiger partial charge is 0.478 e. The first-order valence-electron chi connectivity index (χ1n) is 21.8. The summed E-state index contributed by atoms with van der Waals surface area (Å²) in [6.45, 7) is 5.41. The summed E-state index contributed by atoms with van der Waals surface area (Å²) in [4.78, 5) is 51.9. The van der Waals surface area contributed by atoms with Crippen LogP contribution in [0.15, 0.2) is 48.5 Å². The van der Waals surface area contributed by atoms with E-state index in [2.05, 4.69) is 19.2 Å². The van der Waals surface area contributed by atoms with Crippen molar-refractivity contribution < 1.29 is 29.0 Å². The van der Waals surface area contributed by atoms with E-state index in [-0.39, 0.29) is 23.0 Å². The molecule has 0 unspecified atom stereocenters. The molecule has 0 saturated heterocycles. The molecule has 0 heterocycles. The fourth-order valence-electron chi connectivity index (χ4n) is 8.60. The lowest BCUT2D eigenvalue weighted by molar-refractivity contribution is -0.120. The molecule has 0 aromatic heterocycles. The minimum absolute atomic E-state index is 0.0489. The smallest absolute Gasteiger partial charge is 0.336 e. The summed E-state index contributed by atoms with van der Waals surface area (Å²) in [7, 11) is 0. The lowest BCUT2D eigenvalue weighted by Gasteiger charge is -2.20. The first-order chi connectivity index (χ1) is 27.4. The quantitative estimate of drug-likeness (QED) is 0.0173. The second-order valence-corrected chi connectivity index (χ2v) is 15.8. The van der Waals surface area contributed by atoms with Crippen LogP contribution in [0.3, 0.4) is 0 Å². The number of hydrogen-bond donors (Lipinski definition) is 2. The summed E-state index contributed by atoms with van der Waals surface area (Å²) in [5.41, 5.74) is 0.935. The Bertz CT molecular complexity index is 2050. The Balaban J connectivity index is 1.35. The highest BCUT2D eigenvalue weighted by molar-refractivity contribution is 6.37. The van der Waals surface area contributed by atoms with Crippen molar-refractivity contribution in [1.29, 1.82) is 0 Å². The van der Waals surface area contributed by atoms with Crippen LogP contribution in [-0.4, -0.2) is 35.8 Å². The van der Waals surface area contributed by atoms with Gasteiger partial charge < -0.3 is 15.2 Å². The van der Waals surface area contributed by atoms with Gasteiger partial charge >= 0.3 is 5.97 Å². The van der Waals surface area contributed by atoms with Gasteiger partial charge in [0.05, 0.1) is 11.1 Å². The van der Waals surface area contributed by atoms with Gasteiger partial charge in [0, 0.05) is 34.7 Å². The van der Waals surface area contributed by atoms with E-state index in [9.17, 15) is 24.3 Å². The van der Waals surface area contributed by atoms with Crippen LogP contribution in [0.25, 0.3) is 43.1 Å². The molecule has 0 aliphatic rings. The Kier molecular flexibility index (Phi) is 17.0. The van der Waals surface area contributed by atoms with Crippen LogP contribution in [0.4, 0.5) is 0 Å². The van der Waals surface area contributed by atoms with E-state index in [0.717, 1.165) is 65.5 Å². The molecule has 7 nitrogen and oxygen atoms in total. The van der Waals surface area contributed by atoms with Gasteiger partial charge in [-0.15, -0.1) is 0 Å². The topological polar surface area (TPSA) is 110 Å². The highest BCUT2D eigenvalue weighted by atomic mass is 16.5. The van der Waals surface area contributed by atoms with Crippen LogP contribution in [0.5, 0.6) is 5.75 Å². The van der Waals surface area contributed by atoms with Gasteiger partial charge in [-0.25, -0.2) is 4.79 Å². The van der Waals surface area contributed by atoms with E-state index in [0.29, 0.717) is 46.7 Å². The summed E-state index contributed by atoms with van der Waals surface area (Å²) in [6, 6.07) is 14.2. The van der Waals surface area contributed by atoms with Gasteiger partial charge in [0.2, 0.25) is 0 Å². The molecule has 7 heteroatoms. The summed E-state index contributed by atoms with van der Waals surface area (Å²) in [5.74, 6) is -1.09. The molecular weight excluding hydrogens is 699 g/mol. The number of ether oxygens (including phenoxy) is 1. The van der Waals surface area contributed by atoms with Gasteiger partial charge in [-0.2, -0.15) is 0 Å². The minimum Gasteiger partial charge on any atom is -0.478 e. The second-order valence-electron chi connectivity index (χ2n) is 15.8. The van der Waals surface area contributed by atoms with Crippen molar-refractivity contribution in [3.05, 3.63) is 65.2 Å². The van der Waals surface area contributed by atoms with Crippen molar-refractivity contribution in [1.82, 2.24) is 5.32 Å². The molecule has 5 rings (SSSR count). The zero-order chi connectivity index (χ0) is 39.7. The monoisotopic (exact) mass is 761 g/mol. The van der Waals surface area contributed by atoms with Gasteiger partial charge in [0.25, 0.3) is 12.4 Å². The predicted octanol–water partition coefficient (Wildman–Crippen LogP) is 13.5. The third kappa shape index (κ3) is 10.7. The molecule has 0 spiro atoms. The zero-order valence-electron chi connectivity index (χ0n) is 33.9. The van der Waals surface area contributed by atoms with Gasteiger partial charge in [0.1, 0.15) is 5.75 Å². The molecular formula is C49H63NO6. The van der Waals surface area contributed by atoms with Crippen LogP contribution in [0.2, 0.25) is 0 Å². The molecule has 5 aromatic carbocycles. The summed E-state index contributed by atoms with van der Waals surface area (Å²) < 4.78 is 5.47. The molecule has 0 aliphatic carbocycles. The second kappa shape index (κ2) is 22.3. The number of rotatable bonds is 28. The van der Waals surface area contributed by atoms with E-state index in [1.165, 1.54) is 96.3 Å². The third-order valence-corrected chi connectivity index (χ3v) is 11.6. The first kappa shape index (κ1) is 42.6. The number of nitrogens with one attached hydrogen (secondary N) is 1. The van der Waals surface area contributed by atoms with E-state index in [4.69, 9.17) is 4.74 Å². The number of Topliss-reactive ketones (excluding diaryl/α,β-unsaturated/α-hetero) is 1. The van der Waals surface area contributed by atoms with Crippen molar-refractivity contribution in [2.45, 2.75) is 155 Å². The molecule has 0 saturated carbocycles. The number of unbranched alkanes of at least 4 members (excludes halogenated alkanes) is 19. The number of carbonyl (C=O) groups excluding carboxylic acids is 3. The maximum atomic E-state index is 13.8. The lowest BCUT2D eigenvalue weighted by Crippen LogP contribution is -2.24. The van der Waals surface area contributed by atoms with Crippen LogP contribution in [-0.2, 0) is 4.79 Å². The number of aromatic carboxylic acids is 1. The molecule has 0 fully saturated rings. The SMILES string of the molecule is CCCCCCCCCCCCCC(=O)c1ccc2c3ccc(OC=O)c4c(C(=O)NCCCCCCCCCCCC)ccc(c5ccc(C(=O)O)c1c52)c43. The van der Waals surface area contributed by atoms with Gasteiger partial charge in [-0.3, -0.25) is 14.4 Å². The summed E-state index contributed by atoms with van der Waals surface area (Å²) >= 11 is 0. The van der Waals surface area contributed by atoms with Crippen molar-refractivity contribution >= 4 is 67.2 Å². The van der Waals surface area contributed by atoms with Crippen molar-refractivity contribution in [2.24, 2.45) is 0 Å². The Morgan fingerprint density at radius 3 is 1.45 bits per heavy atom. The number of benzene rings is 5. The average molecular weight is 762 g/mol. The predicted molar refractivity (Wildman–Crippen MR) is 231 cm³/mol. The van der Waals surface area contributed by atoms with Crippen molar-refractivity contribution in [3.63, 3.8) is 0 Å². The molecule has 5 aromatic rings. The van der Waals surface area contributed by atoms with Crippen LogP contribution >= 0.6 is 0 Å². The number of amides is 1. The van der Waals surface area contributed by atoms with Gasteiger partial charge in [-0.1, -0.05) is 160 Å². The fraction of sp³-hybridized carbons (Fsp3) is 0.510. The maximum Gasteiger partial charge on any atom is 0.336 e. The minimum atomic E-state index is -1.09. The highest BCUT2D eigenvalue weighted by Gasteiger charge is 2.25. The van der Waals surface area contributed by atoms with Gasteiger partial charge in [-0.05, 0) is 64.0 Å². The van der Waals surface area contributed by atoms with Gasteiger partial charge in [0.15, 0.2) is 5.78 Å². The number of carboxylic acids is 1. The van der Waals surface area contributed by atoms with Crippen LogP contribution < -0.4 is 10.1 Å². The van der Waals surface area contributed by atoms with E-state index >= 15 is 0 Å². The molecule has 2 N–H and O–H groups in total. The Morgan fingerprint density at radius 2 is 0.946 bits per heavy atom. The molecule has 0 radical (unpaired) electrons. The zero-order valence-corrected chi connectivity index (χ0v) is 33.9. The van der Waals surface area contributed by atoms with Crippen LogP contribution in [0.1, 0.15) is 186 Å².